The lowest BCUT2D eigenvalue weighted by molar-refractivity contribution is -0.118. The average molecular weight is 264 g/mol. The van der Waals surface area contributed by atoms with Gasteiger partial charge in [-0.25, -0.2) is 0 Å². The Morgan fingerprint density at radius 3 is 2.58 bits per heavy atom. The van der Waals surface area contributed by atoms with E-state index in [1.54, 1.807) is 0 Å². The quantitative estimate of drug-likeness (QED) is 0.780. The first kappa shape index (κ1) is 14.1. The lowest BCUT2D eigenvalue weighted by atomic mass is 9.71. The monoisotopic (exact) mass is 264 g/mol. The maximum atomic E-state index is 12.2. The summed E-state index contributed by atoms with van der Waals surface area (Å²) in [6, 6.07) is 0. The summed E-state index contributed by atoms with van der Waals surface area (Å²) in [5, 5.41) is 9.95. The van der Waals surface area contributed by atoms with Gasteiger partial charge in [0.25, 0.3) is 0 Å². The fraction of sp³-hybridized carbons (Fsp3) is 0.714. The van der Waals surface area contributed by atoms with Gasteiger partial charge in [0.2, 0.25) is 5.91 Å². The highest BCUT2D eigenvalue weighted by Gasteiger charge is 2.33. The Hall–Kier alpha value is -1.36. The zero-order valence-electron chi connectivity index (χ0n) is 11.9. The van der Waals surface area contributed by atoms with Crippen LogP contribution in [0, 0.1) is 19.3 Å². The Bertz CT molecular complexity index is 427. The number of H-pyrrole nitrogens is 1. The van der Waals surface area contributed by atoms with Crippen molar-refractivity contribution in [3.05, 3.63) is 11.4 Å². The number of aromatic nitrogens is 2. The molecule has 0 spiro atoms. The Kier molecular flexibility index (Phi) is 4.24. The number of nitrogens with one attached hydrogen (secondary N) is 2. The molecule has 0 aliphatic heterocycles. The third-order valence-corrected chi connectivity index (χ3v) is 4.28. The molecule has 2 rings (SSSR count). The number of hydrogen-bond donors (Lipinski definition) is 3. The van der Waals surface area contributed by atoms with E-state index in [0.29, 0.717) is 13.0 Å². The van der Waals surface area contributed by atoms with Crippen molar-refractivity contribution in [1.29, 1.82) is 0 Å². The van der Waals surface area contributed by atoms with E-state index < -0.39 is 0 Å². The number of carbonyl (C=O) groups excluding carboxylic acids is 1. The molecular weight excluding hydrogens is 240 g/mol. The second-order valence-electron chi connectivity index (χ2n) is 5.80. The molecule has 1 heterocycles. The van der Waals surface area contributed by atoms with Crippen LogP contribution in [0.3, 0.4) is 0 Å². The van der Waals surface area contributed by atoms with Crippen molar-refractivity contribution in [2.24, 2.45) is 11.1 Å². The number of carbonyl (C=O) groups is 1. The van der Waals surface area contributed by atoms with Crippen molar-refractivity contribution in [2.45, 2.75) is 52.4 Å². The molecule has 106 valence electrons. The molecule has 1 aromatic rings. The van der Waals surface area contributed by atoms with Gasteiger partial charge in [0.15, 0.2) is 0 Å². The summed E-state index contributed by atoms with van der Waals surface area (Å²) in [5.41, 5.74) is 8.47. The second kappa shape index (κ2) is 5.74. The van der Waals surface area contributed by atoms with Crippen LogP contribution in [0.25, 0.3) is 0 Å². The molecule has 0 bridgehead atoms. The number of nitrogens with zero attached hydrogens (tertiary/aromatic N) is 1. The van der Waals surface area contributed by atoms with Crippen molar-refractivity contribution in [2.75, 3.05) is 11.9 Å². The molecule has 0 saturated heterocycles. The Labute approximate surface area is 114 Å². The first-order valence-corrected chi connectivity index (χ1v) is 7.08. The molecule has 0 aromatic carbocycles. The van der Waals surface area contributed by atoms with Crippen molar-refractivity contribution in [1.82, 2.24) is 10.2 Å². The summed E-state index contributed by atoms with van der Waals surface area (Å²) < 4.78 is 0. The molecule has 19 heavy (non-hydrogen) atoms. The van der Waals surface area contributed by atoms with Gasteiger partial charge < -0.3 is 11.1 Å². The van der Waals surface area contributed by atoms with E-state index in [0.717, 1.165) is 29.9 Å². The summed E-state index contributed by atoms with van der Waals surface area (Å²) in [5.74, 6) is 0.0555. The lowest BCUT2D eigenvalue weighted by Crippen LogP contribution is -2.36. The van der Waals surface area contributed by atoms with Gasteiger partial charge in [-0.15, -0.1) is 0 Å². The van der Waals surface area contributed by atoms with Crippen molar-refractivity contribution < 1.29 is 4.79 Å². The van der Waals surface area contributed by atoms with E-state index in [-0.39, 0.29) is 11.3 Å². The molecule has 5 nitrogen and oxygen atoms in total. The fourth-order valence-electron chi connectivity index (χ4n) is 3.01. The van der Waals surface area contributed by atoms with E-state index in [1.807, 2.05) is 13.8 Å². The minimum absolute atomic E-state index is 0.00782. The molecular formula is C14H24N4O. The minimum atomic E-state index is 0.00782. The maximum Gasteiger partial charge on any atom is 0.225 e. The third-order valence-electron chi connectivity index (χ3n) is 4.28. The summed E-state index contributed by atoms with van der Waals surface area (Å²) in [6.07, 6.45) is 6.31. The van der Waals surface area contributed by atoms with Crippen LogP contribution < -0.4 is 11.1 Å². The van der Waals surface area contributed by atoms with E-state index >= 15 is 0 Å². The molecule has 0 unspecified atom stereocenters. The van der Waals surface area contributed by atoms with Crippen molar-refractivity contribution >= 4 is 11.6 Å². The summed E-state index contributed by atoms with van der Waals surface area (Å²) in [4.78, 5) is 12.2. The SMILES string of the molecule is Cc1n[nH]c(C)c1NC(=O)CC1(CN)CCCCC1. The van der Waals surface area contributed by atoms with Crippen LogP contribution in [0.4, 0.5) is 5.69 Å². The van der Waals surface area contributed by atoms with Crippen LogP contribution in [0.2, 0.25) is 0 Å². The number of aryl methyl sites for hydroxylation is 2. The normalized spacial score (nSPS) is 18.3. The minimum Gasteiger partial charge on any atom is -0.330 e. The maximum absolute atomic E-state index is 12.2. The van der Waals surface area contributed by atoms with E-state index in [9.17, 15) is 4.79 Å². The van der Waals surface area contributed by atoms with Crippen LogP contribution in [0.15, 0.2) is 0 Å². The van der Waals surface area contributed by atoms with Gasteiger partial charge in [-0.05, 0) is 38.6 Å². The van der Waals surface area contributed by atoms with Crippen LogP contribution in [0.5, 0.6) is 0 Å². The molecule has 1 aliphatic rings. The number of rotatable bonds is 4. The van der Waals surface area contributed by atoms with E-state index in [2.05, 4.69) is 15.5 Å². The van der Waals surface area contributed by atoms with E-state index in [4.69, 9.17) is 5.73 Å². The summed E-state index contributed by atoms with van der Waals surface area (Å²) >= 11 is 0. The zero-order valence-corrected chi connectivity index (χ0v) is 11.9. The molecule has 1 fully saturated rings. The van der Waals surface area contributed by atoms with E-state index in [1.165, 1.54) is 19.3 Å². The fourth-order valence-corrected chi connectivity index (χ4v) is 3.01. The average Bonchev–Trinajstić information content (AvgIpc) is 2.71. The molecule has 1 saturated carbocycles. The molecule has 0 radical (unpaired) electrons. The first-order valence-electron chi connectivity index (χ1n) is 7.08. The number of anilines is 1. The van der Waals surface area contributed by atoms with Gasteiger partial charge in [0.05, 0.1) is 17.1 Å². The first-order chi connectivity index (χ1) is 9.06. The van der Waals surface area contributed by atoms with Crippen molar-refractivity contribution in [3.63, 3.8) is 0 Å². The van der Waals surface area contributed by atoms with Crippen LogP contribution in [-0.4, -0.2) is 22.6 Å². The molecule has 1 amide bonds. The Morgan fingerprint density at radius 2 is 2.05 bits per heavy atom. The molecule has 4 N–H and O–H groups in total. The highest BCUT2D eigenvalue weighted by Crippen LogP contribution is 2.38. The van der Waals surface area contributed by atoms with Crippen LogP contribution in [-0.2, 0) is 4.79 Å². The summed E-state index contributed by atoms with van der Waals surface area (Å²) in [6.45, 7) is 4.40. The van der Waals surface area contributed by atoms with Gasteiger partial charge in [0.1, 0.15) is 0 Å². The van der Waals surface area contributed by atoms with Gasteiger partial charge in [-0.3, -0.25) is 9.89 Å². The van der Waals surface area contributed by atoms with Crippen LogP contribution >= 0.6 is 0 Å². The molecule has 1 aliphatic carbocycles. The third kappa shape index (κ3) is 3.15. The standard InChI is InChI=1S/C14H24N4O/c1-10-13(11(2)18-17-10)16-12(19)8-14(9-15)6-4-3-5-7-14/h3-9,15H2,1-2H3,(H,16,19)(H,17,18). The molecule has 1 aromatic heterocycles. The van der Waals surface area contributed by atoms with Gasteiger partial charge >= 0.3 is 0 Å². The Morgan fingerprint density at radius 1 is 1.37 bits per heavy atom. The number of aromatic amines is 1. The number of nitrogens with two attached hydrogens (primary N) is 1. The van der Waals surface area contributed by atoms with Gasteiger partial charge in [0, 0.05) is 6.42 Å². The molecule has 0 atom stereocenters. The Balaban J connectivity index is 2.00. The highest BCUT2D eigenvalue weighted by atomic mass is 16.1. The highest BCUT2D eigenvalue weighted by molar-refractivity contribution is 5.92. The second-order valence-corrected chi connectivity index (χ2v) is 5.80. The predicted octanol–water partition coefficient (Wildman–Crippen LogP) is 2.26. The zero-order chi connectivity index (χ0) is 13.9. The lowest BCUT2D eigenvalue weighted by Gasteiger charge is -2.35. The summed E-state index contributed by atoms with van der Waals surface area (Å²) in [7, 11) is 0. The largest absolute Gasteiger partial charge is 0.330 e. The molecule has 5 heteroatoms. The smallest absolute Gasteiger partial charge is 0.225 e. The number of amides is 1. The van der Waals surface area contributed by atoms with Crippen LogP contribution in [0.1, 0.15) is 49.9 Å². The van der Waals surface area contributed by atoms with Gasteiger partial charge in [-0.2, -0.15) is 5.10 Å². The predicted molar refractivity (Wildman–Crippen MR) is 75.9 cm³/mol. The topological polar surface area (TPSA) is 83.8 Å². The van der Waals surface area contributed by atoms with Gasteiger partial charge in [-0.1, -0.05) is 19.3 Å². The number of hydrogen-bond acceptors (Lipinski definition) is 3. The van der Waals surface area contributed by atoms with Crippen molar-refractivity contribution in [3.8, 4) is 0 Å².